The molecule has 0 aliphatic carbocycles. The molecule has 1 aromatic heterocycles. The molecular weight excluding hydrogens is 332 g/mol. The van der Waals surface area contributed by atoms with Crippen LogP contribution in [0.1, 0.15) is 0 Å². The molecule has 1 N–H and O–H groups in total. The van der Waals surface area contributed by atoms with Gasteiger partial charge in [0.1, 0.15) is 12.2 Å². The number of allylic oxidation sites excluding steroid dienone is 1. The van der Waals surface area contributed by atoms with Gasteiger partial charge in [0.25, 0.3) is 0 Å². The van der Waals surface area contributed by atoms with E-state index in [9.17, 15) is 0 Å². The third-order valence-corrected chi connectivity index (χ3v) is 4.13. The van der Waals surface area contributed by atoms with E-state index in [1.165, 1.54) is 5.70 Å². The monoisotopic (exact) mass is 344 g/mol. The lowest BCUT2D eigenvalue weighted by Gasteiger charge is -2.34. The van der Waals surface area contributed by atoms with Gasteiger partial charge in [-0.1, -0.05) is 0 Å². The van der Waals surface area contributed by atoms with E-state index in [-0.39, 0.29) is 0 Å². The summed E-state index contributed by atoms with van der Waals surface area (Å²) < 4.78 is 1.01. The summed E-state index contributed by atoms with van der Waals surface area (Å²) in [5.74, 6) is 1.01. The van der Waals surface area contributed by atoms with Gasteiger partial charge in [0.15, 0.2) is 0 Å². The highest BCUT2D eigenvalue weighted by atomic mass is 79.9. The molecule has 106 valence electrons. The van der Waals surface area contributed by atoms with Crippen molar-refractivity contribution in [2.45, 2.75) is 0 Å². The van der Waals surface area contributed by atoms with Crippen molar-refractivity contribution in [2.75, 3.05) is 25.1 Å². The Morgan fingerprint density at radius 1 is 1.24 bits per heavy atom. The van der Waals surface area contributed by atoms with Crippen molar-refractivity contribution in [1.82, 2.24) is 14.9 Å². The number of nitrogens with one attached hydrogen (secondary N) is 1. The highest BCUT2D eigenvalue weighted by Gasteiger charge is 2.31. The van der Waals surface area contributed by atoms with Gasteiger partial charge in [-0.3, -0.25) is 20.4 Å². The zero-order valence-electron chi connectivity index (χ0n) is 11.2. The smallest absolute Gasteiger partial charge is 0.142 e. The predicted octanol–water partition coefficient (Wildman–Crippen LogP) is 1.97. The summed E-state index contributed by atoms with van der Waals surface area (Å²) >= 11 is 3.57. The summed E-state index contributed by atoms with van der Waals surface area (Å²) in [4.78, 5) is 15.3. The number of amidine groups is 1. The summed E-state index contributed by atoms with van der Waals surface area (Å²) in [5, 5.41) is 1.97. The molecule has 0 aromatic carbocycles. The molecule has 0 bridgehead atoms. The lowest BCUT2D eigenvalue weighted by Crippen LogP contribution is -2.41. The van der Waals surface area contributed by atoms with E-state index in [2.05, 4.69) is 41.2 Å². The Kier molecular flexibility index (Phi) is 2.99. The quantitative estimate of drug-likeness (QED) is 0.891. The van der Waals surface area contributed by atoms with E-state index in [1.54, 1.807) is 12.4 Å². The molecule has 0 unspecified atom stereocenters. The lowest BCUT2D eigenvalue weighted by molar-refractivity contribution is 0.447. The number of hydrazine groups is 1. The van der Waals surface area contributed by atoms with Crippen molar-refractivity contribution in [3.8, 4) is 0 Å². The number of aliphatic imine (C=N–C) groups is 2. The maximum Gasteiger partial charge on any atom is 0.142 e. The highest BCUT2D eigenvalue weighted by Crippen LogP contribution is 2.31. The van der Waals surface area contributed by atoms with Crippen molar-refractivity contribution < 1.29 is 0 Å². The fraction of sp³-hybridized carbons (Fsp3) is 0.214. The van der Waals surface area contributed by atoms with Gasteiger partial charge in [0, 0.05) is 18.9 Å². The van der Waals surface area contributed by atoms with Gasteiger partial charge in [-0.05, 0) is 34.1 Å². The van der Waals surface area contributed by atoms with Crippen molar-refractivity contribution >= 4 is 33.8 Å². The van der Waals surface area contributed by atoms with Crippen LogP contribution in [0.5, 0.6) is 0 Å². The van der Waals surface area contributed by atoms with E-state index in [4.69, 9.17) is 0 Å². The van der Waals surface area contributed by atoms with E-state index < -0.39 is 0 Å². The van der Waals surface area contributed by atoms with Crippen LogP contribution in [0.15, 0.2) is 56.5 Å². The molecule has 6 nitrogen and oxygen atoms in total. The largest absolute Gasteiger partial charge is 0.324 e. The third-order valence-electron chi connectivity index (χ3n) is 3.55. The van der Waals surface area contributed by atoms with Crippen LogP contribution in [0.25, 0.3) is 0 Å². The molecule has 0 amide bonds. The van der Waals surface area contributed by atoms with Gasteiger partial charge in [-0.25, -0.2) is 4.99 Å². The fourth-order valence-electron chi connectivity index (χ4n) is 2.59. The molecule has 3 aliphatic heterocycles. The number of nitrogens with zero attached hydrogens (tertiary/aromatic N) is 5. The van der Waals surface area contributed by atoms with Crippen molar-refractivity contribution in [2.24, 2.45) is 9.98 Å². The first kappa shape index (κ1) is 12.6. The summed E-state index contributed by atoms with van der Waals surface area (Å²) in [5.41, 5.74) is 6.48. The maximum atomic E-state index is 4.54. The van der Waals surface area contributed by atoms with Crippen molar-refractivity contribution in [3.63, 3.8) is 0 Å². The predicted molar refractivity (Wildman–Crippen MR) is 86.1 cm³/mol. The average Bonchev–Trinajstić information content (AvgIpc) is 3.00. The molecule has 0 spiro atoms. The Morgan fingerprint density at radius 2 is 2.10 bits per heavy atom. The molecule has 7 heteroatoms. The minimum Gasteiger partial charge on any atom is -0.324 e. The third kappa shape index (κ3) is 2.23. The van der Waals surface area contributed by atoms with Gasteiger partial charge < -0.3 is 4.90 Å². The number of anilines is 1. The van der Waals surface area contributed by atoms with Gasteiger partial charge in [-0.2, -0.15) is 0 Å². The molecule has 0 radical (unpaired) electrons. The van der Waals surface area contributed by atoms with Crippen LogP contribution >= 0.6 is 15.9 Å². The van der Waals surface area contributed by atoms with E-state index in [0.717, 1.165) is 41.3 Å². The first-order chi connectivity index (χ1) is 10.3. The molecule has 0 atom stereocenters. The van der Waals surface area contributed by atoms with Crippen LogP contribution in [0.4, 0.5) is 5.69 Å². The SMILES string of the molecule is BrC1=CC2=C(CN(Nc3ccncc3)C=N2)N2CCN=C12. The van der Waals surface area contributed by atoms with Crippen molar-refractivity contribution in [3.05, 3.63) is 46.5 Å². The van der Waals surface area contributed by atoms with Crippen molar-refractivity contribution in [1.29, 1.82) is 0 Å². The standard InChI is InChI=1S/C14H13BrN6/c15-11-7-12-13(21-6-5-17-14(11)21)8-20(9-18-12)19-10-1-3-16-4-2-10/h1-4,7,9H,5-6,8H2,(H,16,19). The van der Waals surface area contributed by atoms with Gasteiger partial charge in [-0.15, -0.1) is 0 Å². The number of halogens is 1. The number of hydrogen-bond donors (Lipinski definition) is 1. The summed E-state index contributed by atoms with van der Waals surface area (Å²) in [6.07, 6.45) is 7.38. The maximum absolute atomic E-state index is 4.54. The molecule has 0 fully saturated rings. The lowest BCUT2D eigenvalue weighted by atomic mass is 10.1. The summed E-state index contributed by atoms with van der Waals surface area (Å²) in [6.45, 7) is 2.49. The van der Waals surface area contributed by atoms with E-state index in [1.807, 2.05) is 29.6 Å². The fourth-order valence-corrected chi connectivity index (χ4v) is 3.15. The van der Waals surface area contributed by atoms with E-state index in [0.29, 0.717) is 0 Å². The molecule has 1 aromatic rings. The Hall–Kier alpha value is -2.15. The Labute approximate surface area is 130 Å². The van der Waals surface area contributed by atoms with E-state index >= 15 is 0 Å². The summed E-state index contributed by atoms with van der Waals surface area (Å²) in [7, 11) is 0. The van der Waals surface area contributed by atoms with Crippen LogP contribution < -0.4 is 5.43 Å². The van der Waals surface area contributed by atoms with Crippen LogP contribution in [-0.4, -0.2) is 46.7 Å². The number of fused-ring (bicyclic) bond motifs is 2. The Bertz CT molecular complexity index is 691. The van der Waals surface area contributed by atoms with Gasteiger partial charge in [0.2, 0.25) is 0 Å². The average molecular weight is 345 g/mol. The first-order valence-electron chi connectivity index (χ1n) is 6.71. The summed E-state index contributed by atoms with van der Waals surface area (Å²) in [6, 6.07) is 3.86. The van der Waals surface area contributed by atoms with Crippen LogP contribution in [0.2, 0.25) is 0 Å². The molecule has 4 rings (SSSR count). The second kappa shape index (κ2) is 5.00. The number of rotatable bonds is 2. The first-order valence-corrected chi connectivity index (χ1v) is 7.51. The topological polar surface area (TPSA) is 56.1 Å². The zero-order valence-corrected chi connectivity index (χ0v) is 12.8. The Morgan fingerprint density at radius 3 is 2.95 bits per heavy atom. The highest BCUT2D eigenvalue weighted by molar-refractivity contribution is 9.12. The number of aromatic nitrogens is 1. The second-order valence-corrected chi connectivity index (χ2v) is 5.76. The van der Waals surface area contributed by atoms with Gasteiger partial charge in [0.05, 0.1) is 34.7 Å². The van der Waals surface area contributed by atoms with Gasteiger partial charge >= 0.3 is 0 Å². The number of pyridine rings is 1. The second-order valence-electron chi connectivity index (χ2n) is 4.90. The molecule has 0 saturated carbocycles. The molecule has 0 saturated heterocycles. The minimum absolute atomic E-state index is 0.747. The number of hydrogen-bond acceptors (Lipinski definition) is 6. The van der Waals surface area contributed by atoms with Crippen LogP contribution in [0.3, 0.4) is 0 Å². The van der Waals surface area contributed by atoms with Crippen LogP contribution in [0, 0.1) is 0 Å². The molecular formula is C14H13BrN6. The molecule has 3 aliphatic rings. The minimum atomic E-state index is 0.747. The van der Waals surface area contributed by atoms with Crippen LogP contribution in [-0.2, 0) is 0 Å². The molecule has 4 heterocycles. The molecule has 21 heavy (non-hydrogen) atoms. The normalized spacial score (nSPS) is 20.0. The zero-order chi connectivity index (χ0) is 14.2. The Balaban J connectivity index is 1.58.